The maximum atomic E-state index is 12.0. The van der Waals surface area contributed by atoms with E-state index in [0.717, 1.165) is 22.4 Å². The zero-order valence-corrected chi connectivity index (χ0v) is 16.0. The molecule has 1 aliphatic rings. The predicted molar refractivity (Wildman–Crippen MR) is 107 cm³/mol. The van der Waals surface area contributed by atoms with Crippen molar-refractivity contribution >= 4 is 17.4 Å². The minimum Gasteiger partial charge on any atom is -0.388 e. The molecular weight excluding hydrogens is 328 g/mol. The average molecular weight is 356 g/mol. The molecule has 1 amide bonds. The van der Waals surface area contributed by atoms with E-state index in [1.54, 1.807) is 0 Å². The summed E-state index contributed by atoms with van der Waals surface area (Å²) in [6.45, 7) is 12.8. The number of allylic oxidation sites excluding steroid dienone is 1. The molecule has 3 N–H and O–H groups in total. The Bertz CT molecular complexity index is 731. The first-order valence-corrected chi connectivity index (χ1v) is 8.45. The number of anilines is 1. The minimum atomic E-state index is -0.501. The van der Waals surface area contributed by atoms with Gasteiger partial charge in [0, 0.05) is 37.5 Å². The van der Waals surface area contributed by atoms with E-state index in [1.807, 2.05) is 52.1 Å². The van der Waals surface area contributed by atoms with Gasteiger partial charge in [-0.1, -0.05) is 17.7 Å². The van der Waals surface area contributed by atoms with Crippen LogP contribution in [-0.2, 0) is 11.3 Å². The minimum absolute atomic E-state index is 0.288. The van der Waals surface area contributed by atoms with E-state index in [2.05, 4.69) is 28.8 Å². The van der Waals surface area contributed by atoms with Gasteiger partial charge in [-0.15, -0.1) is 13.2 Å². The molecule has 0 aromatic heterocycles. The number of amides is 1. The fourth-order valence-electron chi connectivity index (χ4n) is 2.55. The lowest BCUT2D eigenvalue weighted by Gasteiger charge is -2.27. The molecule has 1 aromatic rings. The van der Waals surface area contributed by atoms with Crippen molar-refractivity contribution in [1.82, 2.24) is 10.4 Å². The highest BCUT2D eigenvalue weighted by atomic mass is 16.5. The third-order valence-corrected chi connectivity index (χ3v) is 3.68. The van der Waals surface area contributed by atoms with Crippen molar-refractivity contribution in [3.05, 3.63) is 65.9 Å². The molecule has 0 unspecified atom stereocenters. The molecule has 0 spiro atoms. The summed E-state index contributed by atoms with van der Waals surface area (Å²) in [7, 11) is 1.87. The fourth-order valence-corrected chi connectivity index (χ4v) is 2.55. The quantitative estimate of drug-likeness (QED) is 0.557. The number of hydrogen-bond acceptors (Lipinski definition) is 5. The Balaban J connectivity index is 0.00000163. The molecule has 0 aliphatic carbocycles. The van der Waals surface area contributed by atoms with Crippen molar-refractivity contribution in [2.45, 2.75) is 27.3 Å². The van der Waals surface area contributed by atoms with Gasteiger partial charge in [0.05, 0.1) is 5.70 Å². The first-order chi connectivity index (χ1) is 12.5. The third-order valence-electron chi connectivity index (χ3n) is 3.68. The molecule has 1 heterocycles. The molecule has 1 aromatic carbocycles. The molecule has 1 aliphatic heterocycles. The van der Waals surface area contributed by atoms with Crippen molar-refractivity contribution in [3.8, 4) is 0 Å². The van der Waals surface area contributed by atoms with Crippen molar-refractivity contribution in [1.29, 1.82) is 0 Å². The number of rotatable bonds is 5. The molecule has 0 fully saturated rings. The number of carbonyl (C=O) groups excluding carboxylic acids is 1. The lowest BCUT2D eigenvalue weighted by atomic mass is 10.0. The number of nitrogens with one attached hydrogen (secondary N) is 2. The van der Waals surface area contributed by atoms with Crippen molar-refractivity contribution in [2.75, 3.05) is 18.9 Å². The van der Waals surface area contributed by atoms with E-state index < -0.39 is 5.91 Å². The number of carbonyl (C=O) groups is 1. The van der Waals surface area contributed by atoms with Gasteiger partial charge in [0.25, 0.3) is 5.91 Å². The molecular formula is C20H28N4O2. The van der Waals surface area contributed by atoms with Gasteiger partial charge in [0.15, 0.2) is 5.84 Å². The largest absolute Gasteiger partial charge is 0.388 e. The highest BCUT2D eigenvalue weighted by molar-refractivity contribution is 6.15. The summed E-state index contributed by atoms with van der Waals surface area (Å²) in [4.78, 5) is 16.3. The topological polar surface area (TPSA) is 77.0 Å². The Kier molecular flexibility index (Phi) is 8.31. The second kappa shape index (κ2) is 10.2. The number of benzene rings is 1. The van der Waals surface area contributed by atoms with E-state index >= 15 is 0 Å². The summed E-state index contributed by atoms with van der Waals surface area (Å²) < 4.78 is 0. The summed E-state index contributed by atoms with van der Waals surface area (Å²) in [6.07, 6.45) is 1.40. The van der Waals surface area contributed by atoms with Crippen LogP contribution in [0.2, 0.25) is 0 Å². The van der Waals surface area contributed by atoms with Crippen LogP contribution in [0, 0.1) is 0 Å². The van der Waals surface area contributed by atoms with Crippen LogP contribution in [0.5, 0.6) is 0 Å². The zero-order valence-electron chi connectivity index (χ0n) is 16.0. The second-order valence-corrected chi connectivity index (χ2v) is 5.68. The molecule has 6 heteroatoms. The van der Waals surface area contributed by atoms with Crippen LogP contribution in [0.1, 0.15) is 26.3 Å². The number of aliphatic imine (C=N–C) groups is 1. The third kappa shape index (κ3) is 5.07. The van der Waals surface area contributed by atoms with Crippen molar-refractivity contribution in [2.24, 2.45) is 4.99 Å². The SMILES string of the molecule is C=C.CCN=C1C(=C(C)C)C(NCc2cccc(NC)c2)=CC(=O)N1O. The van der Waals surface area contributed by atoms with Crippen LogP contribution in [0.3, 0.4) is 0 Å². The van der Waals surface area contributed by atoms with Gasteiger partial charge in [-0.05, 0) is 38.5 Å². The number of nitrogens with zero attached hydrogens (tertiary/aromatic N) is 2. The van der Waals surface area contributed by atoms with Crippen molar-refractivity contribution < 1.29 is 10.0 Å². The summed E-state index contributed by atoms with van der Waals surface area (Å²) in [5.74, 6) is -0.213. The van der Waals surface area contributed by atoms with E-state index in [9.17, 15) is 10.0 Å². The molecule has 140 valence electrons. The molecule has 0 saturated carbocycles. The first kappa shape index (κ1) is 21.2. The first-order valence-electron chi connectivity index (χ1n) is 8.45. The maximum Gasteiger partial charge on any atom is 0.278 e. The fraction of sp³-hybridized carbons (Fsp3) is 0.300. The maximum absolute atomic E-state index is 12.0. The van der Waals surface area contributed by atoms with Gasteiger partial charge in [0.2, 0.25) is 0 Å². The van der Waals surface area contributed by atoms with E-state index in [4.69, 9.17) is 0 Å². The van der Waals surface area contributed by atoms with Gasteiger partial charge in [-0.3, -0.25) is 15.0 Å². The monoisotopic (exact) mass is 356 g/mol. The molecule has 0 radical (unpaired) electrons. The van der Waals surface area contributed by atoms with Crippen LogP contribution in [0.15, 0.2) is 65.3 Å². The number of amidine groups is 1. The smallest absolute Gasteiger partial charge is 0.278 e. The van der Waals surface area contributed by atoms with Crippen LogP contribution in [0.4, 0.5) is 5.69 Å². The van der Waals surface area contributed by atoms with Gasteiger partial charge in [-0.2, -0.15) is 5.06 Å². The Labute approximate surface area is 155 Å². The second-order valence-electron chi connectivity index (χ2n) is 5.68. The van der Waals surface area contributed by atoms with Gasteiger partial charge >= 0.3 is 0 Å². The van der Waals surface area contributed by atoms with E-state index in [0.29, 0.717) is 23.8 Å². The summed E-state index contributed by atoms with van der Waals surface area (Å²) in [5, 5.41) is 17.0. The predicted octanol–water partition coefficient (Wildman–Crippen LogP) is 3.49. The molecule has 0 atom stereocenters. The Morgan fingerprint density at radius 2 is 2.00 bits per heavy atom. The van der Waals surface area contributed by atoms with Crippen LogP contribution in [-0.4, -0.2) is 35.6 Å². The molecule has 0 saturated heterocycles. The highest BCUT2D eigenvalue weighted by Gasteiger charge is 2.29. The van der Waals surface area contributed by atoms with Crippen LogP contribution in [0.25, 0.3) is 0 Å². The Hall–Kier alpha value is -2.86. The molecule has 2 rings (SSSR count). The summed E-state index contributed by atoms with van der Waals surface area (Å²) in [5.41, 5.74) is 4.51. The van der Waals surface area contributed by atoms with Crippen LogP contribution >= 0.6 is 0 Å². The number of hydroxylamine groups is 2. The molecule has 26 heavy (non-hydrogen) atoms. The number of hydrogen-bond donors (Lipinski definition) is 3. The van der Waals surface area contributed by atoms with Crippen LogP contribution < -0.4 is 10.6 Å². The average Bonchev–Trinajstić information content (AvgIpc) is 2.65. The highest BCUT2D eigenvalue weighted by Crippen LogP contribution is 2.22. The lowest BCUT2D eigenvalue weighted by Crippen LogP contribution is -2.41. The molecule has 0 bridgehead atoms. The lowest BCUT2D eigenvalue weighted by molar-refractivity contribution is -0.143. The van der Waals surface area contributed by atoms with Crippen molar-refractivity contribution in [3.63, 3.8) is 0 Å². The Morgan fingerprint density at radius 1 is 1.31 bits per heavy atom. The van der Waals surface area contributed by atoms with E-state index in [1.165, 1.54) is 6.08 Å². The van der Waals surface area contributed by atoms with Gasteiger partial charge < -0.3 is 10.6 Å². The Morgan fingerprint density at radius 3 is 2.58 bits per heavy atom. The normalized spacial score (nSPS) is 15.2. The summed E-state index contributed by atoms with van der Waals surface area (Å²) >= 11 is 0. The molecule has 6 nitrogen and oxygen atoms in total. The van der Waals surface area contributed by atoms with E-state index in [-0.39, 0.29) is 5.84 Å². The standard InChI is InChI=1S/C18H24N4O2.C2H4/c1-5-20-18-17(12(2)3)15(10-16(23)22(18)24)21-11-13-7-6-8-14(9-13)19-4;1-2/h6-10,19,21,24H,5,11H2,1-4H3;1-2H2. The van der Waals surface area contributed by atoms with Gasteiger partial charge in [-0.25, -0.2) is 0 Å². The summed E-state index contributed by atoms with van der Waals surface area (Å²) in [6, 6.07) is 8.02. The van der Waals surface area contributed by atoms with Gasteiger partial charge in [0.1, 0.15) is 0 Å². The zero-order chi connectivity index (χ0) is 19.7.